The van der Waals surface area contributed by atoms with Gasteiger partial charge in [0.1, 0.15) is 0 Å². The van der Waals surface area contributed by atoms with E-state index in [-0.39, 0.29) is 6.42 Å². The van der Waals surface area contributed by atoms with Crippen molar-refractivity contribution in [2.75, 3.05) is 24.5 Å². The third-order valence-electron chi connectivity index (χ3n) is 6.35. The maximum Gasteiger partial charge on any atom is 0.319 e. The lowest BCUT2D eigenvalue weighted by atomic mass is 9.86. The number of aryl methyl sites for hydroxylation is 1. The first-order valence-electron chi connectivity index (χ1n) is 11.8. The predicted molar refractivity (Wildman–Crippen MR) is 135 cm³/mol. The lowest BCUT2D eigenvalue weighted by Crippen LogP contribution is -2.36. The summed E-state index contributed by atoms with van der Waals surface area (Å²) >= 11 is 3.42. The maximum atomic E-state index is 11.9. The van der Waals surface area contributed by atoms with Crippen LogP contribution in [-0.2, 0) is 11.2 Å². The Morgan fingerprint density at radius 2 is 1.67 bits per heavy atom. The van der Waals surface area contributed by atoms with Gasteiger partial charge in [-0.25, -0.2) is 4.79 Å². The molecule has 7 heteroatoms. The molecular formula is C26H34BrN3O3. The van der Waals surface area contributed by atoms with Crippen LogP contribution in [-0.4, -0.2) is 41.6 Å². The van der Waals surface area contributed by atoms with Gasteiger partial charge >= 0.3 is 12.0 Å². The van der Waals surface area contributed by atoms with E-state index >= 15 is 0 Å². The van der Waals surface area contributed by atoms with Crippen molar-refractivity contribution < 1.29 is 14.7 Å². The van der Waals surface area contributed by atoms with Crippen LogP contribution in [0.15, 0.2) is 53.0 Å². The number of aliphatic carboxylic acids is 1. The standard InChI is InChI=1S/C26H34BrN3O3/c27-21-13-15-22(16-14-21)30(26(28)33)19-5-1-4-17-29(18-7-12-25(31)32)24-11-6-9-20-8-2-3-10-23(20)24/h2-3,8,10,13-16,24H,1,4-7,9,11-12,17-19H2,(H2,28,33)(H,31,32). The van der Waals surface area contributed by atoms with Crippen LogP contribution in [0.5, 0.6) is 0 Å². The zero-order chi connectivity index (χ0) is 23.6. The van der Waals surface area contributed by atoms with Gasteiger partial charge in [0.25, 0.3) is 0 Å². The Hall–Kier alpha value is -2.38. The number of urea groups is 1. The van der Waals surface area contributed by atoms with Crippen molar-refractivity contribution >= 4 is 33.6 Å². The van der Waals surface area contributed by atoms with Crippen molar-refractivity contribution in [1.29, 1.82) is 0 Å². The first kappa shape index (κ1) is 25.2. The molecule has 178 valence electrons. The number of carbonyl (C=O) groups is 2. The number of hydrogen-bond donors (Lipinski definition) is 2. The predicted octanol–water partition coefficient (Wildman–Crippen LogP) is 5.75. The minimum atomic E-state index is -0.738. The van der Waals surface area contributed by atoms with Crippen molar-refractivity contribution in [1.82, 2.24) is 4.90 Å². The van der Waals surface area contributed by atoms with E-state index in [4.69, 9.17) is 10.8 Å². The van der Waals surface area contributed by atoms with Gasteiger partial charge in [-0.3, -0.25) is 14.6 Å². The SMILES string of the molecule is NC(=O)N(CCCCCN(CCCC(=O)O)C1CCCc2ccccc21)c1ccc(Br)cc1. The van der Waals surface area contributed by atoms with E-state index in [2.05, 4.69) is 45.1 Å². The van der Waals surface area contributed by atoms with E-state index in [1.54, 1.807) is 4.90 Å². The number of benzene rings is 2. The number of halogens is 1. The molecule has 0 radical (unpaired) electrons. The molecule has 1 atom stereocenters. The van der Waals surface area contributed by atoms with Crippen molar-refractivity contribution in [3.63, 3.8) is 0 Å². The fraction of sp³-hybridized carbons (Fsp3) is 0.462. The zero-order valence-electron chi connectivity index (χ0n) is 19.1. The van der Waals surface area contributed by atoms with Crippen LogP contribution >= 0.6 is 15.9 Å². The van der Waals surface area contributed by atoms with Gasteiger partial charge in [0, 0.05) is 29.2 Å². The number of hydrogen-bond acceptors (Lipinski definition) is 3. The molecule has 2 aromatic carbocycles. The van der Waals surface area contributed by atoms with Gasteiger partial charge in [0.05, 0.1) is 0 Å². The summed E-state index contributed by atoms with van der Waals surface area (Å²) in [6.45, 7) is 2.30. The number of anilines is 1. The molecule has 3 rings (SSSR count). The summed E-state index contributed by atoms with van der Waals surface area (Å²) in [6, 6.07) is 16.2. The van der Waals surface area contributed by atoms with Gasteiger partial charge in [-0.2, -0.15) is 0 Å². The van der Waals surface area contributed by atoms with Crippen LogP contribution in [0.1, 0.15) is 62.1 Å². The number of carboxylic acid groups (broad SMARTS) is 1. The van der Waals surface area contributed by atoms with E-state index in [1.807, 2.05) is 24.3 Å². The molecule has 0 saturated heterocycles. The number of nitrogens with two attached hydrogens (primary N) is 1. The molecule has 0 saturated carbocycles. The number of fused-ring (bicyclic) bond motifs is 1. The Morgan fingerprint density at radius 1 is 0.970 bits per heavy atom. The quantitative estimate of drug-likeness (QED) is 0.352. The number of carbonyl (C=O) groups excluding carboxylic acids is 1. The Balaban J connectivity index is 1.55. The van der Waals surface area contributed by atoms with E-state index in [0.717, 1.165) is 61.8 Å². The highest BCUT2D eigenvalue weighted by molar-refractivity contribution is 9.10. The minimum Gasteiger partial charge on any atom is -0.481 e. The average Bonchev–Trinajstić information content (AvgIpc) is 2.80. The van der Waals surface area contributed by atoms with Crippen molar-refractivity contribution in [3.8, 4) is 0 Å². The van der Waals surface area contributed by atoms with E-state index < -0.39 is 12.0 Å². The molecule has 6 nitrogen and oxygen atoms in total. The van der Waals surface area contributed by atoms with Gasteiger partial charge in [-0.15, -0.1) is 0 Å². The van der Waals surface area contributed by atoms with Gasteiger partial charge in [-0.1, -0.05) is 46.6 Å². The molecule has 1 unspecified atom stereocenters. The van der Waals surface area contributed by atoms with Crippen LogP contribution in [0.2, 0.25) is 0 Å². The summed E-state index contributed by atoms with van der Waals surface area (Å²) < 4.78 is 0.961. The van der Waals surface area contributed by atoms with Gasteiger partial charge in [0.2, 0.25) is 0 Å². The molecule has 1 aliphatic carbocycles. The van der Waals surface area contributed by atoms with Crippen LogP contribution in [0.4, 0.5) is 10.5 Å². The molecule has 0 heterocycles. The number of nitrogens with zero attached hydrogens (tertiary/aromatic N) is 2. The van der Waals surface area contributed by atoms with E-state index in [1.165, 1.54) is 11.1 Å². The normalized spacial score (nSPS) is 15.3. The fourth-order valence-corrected chi connectivity index (χ4v) is 4.98. The average molecular weight is 516 g/mol. The Morgan fingerprint density at radius 3 is 2.39 bits per heavy atom. The smallest absolute Gasteiger partial charge is 0.319 e. The van der Waals surface area contributed by atoms with E-state index in [9.17, 15) is 9.59 Å². The molecule has 0 bridgehead atoms. The molecule has 2 amide bonds. The Labute approximate surface area is 204 Å². The van der Waals surface area contributed by atoms with Gasteiger partial charge in [0.15, 0.2) is 0 Å². The molecular weight excluding hydrogens is 482 g/mol. The number of primary amides is 1. The molecule has 0 spiro atoms. The second-order valence-corrected chi connectivity index (χ2v) is 9.58. The summed E-state index contributed by atoms with van der Waals surface area (Å²) in [5.41, 5.74) is 9.23. The first-order chi connectivity index (χ1) is 16.0. The van der Waals surface area contributed by atoms with E-state index in [0.29, 0.717) is 19.0 Å². The van der Waals surface area contributed by atoms with Gasteiger partial charge < -0.3 is 10.8 Å². The molecule has 0 fully saturated rings. The summed E-state index contributed by atoms with van der Waals surface area (Å²) in [5, 5.41) is 9.08. The molecule has 33 heavy (non-hydrogen) atoms. The monoisotopic (exact) mass is 515 g/mol. The Kier molecular flexibility index (Phi) is 9.76. The maximum absolute atomic E-state index is 11.9. The minimum absolute atomic E-state index is 0.200. The van der Waals surface area contributed by atoms with Crippen LogP contribution < -0.4 is 10.6 Å². The zero-order valence-corrected chi connectivity index (χ0v) is 20.7. The van der Waals surface area contributed by atoms with Crippen LogP contribution in [0, 0.1) is 0 Å². The van der Waals surface area contributed by atoms with Crippen molar-refractivity contribution in [3.05, 3.63) is 64.1 Å². The highest BCUT2D eigenvalue weighted by atomic mass is 79.9. The van der Waals surface area contributed by atoms with Crippen molar-refractivity contribution in [2.24, 2.45) is 5.73 Å². The highest BCUT2D eigenvalue weighted by Gasteiger charge is 2.25. The van der Waals surface area contributed by atoms with Crippen LogP contribution in [0.25, 0.3) is 0 Å². The molecule has 0 aromatic heterocycles. The second-order valence-electron chi connectivity index (χ2n) is 8.67. The molecule has 2 aromatic rings. The first-order valence-corrected chi connectivity index (χ1v) is 12.6. The topological polar surface area (TPSA) is 86.9 Å². The summed E-state index contributed by atoms with van der Waals surface area (Å²) in [7, 11) is 0. The summed E-state index contributed by atoms with van der Waals surface area (Å²) in [6.07, 6.45) is 7.10. The Bertz CT molecular complexity index is 919. The van der Waals surface area contributed by atoms with Crippen molar-refractivity contribution in [2.45, 2.75) is 57.4 Å². The third kappa shape index (κ3) is 7.57. The largest absolute Gasteiger partial charge is 0.481 e. The number of carboxylic acids is 1. The fourth-order valence-electron chi connectivity index (χ4n) is 4.71. The summed E-state index contributed by atoms with van der Waals surface area (Å²) in [4.78, 5) is 27.1. The summed E-state index contributed by atoms with van der Waals surface area (Å²) in [5.74, 6) is -0.738. The molecule has 1 aliphatic rings. The lowest BCUT2D eigenvalue weighted by molar-refractivity contribution is -0.137. The number of rotatable bonds is 12. The molecule has 0 aliphatic heterocycles. The molecule has 3 N–H and O–H groups in total. The van der Waals surface area contributed by atoms with Crippen LogP contribution in [0.3, 0.4) is 0 Å². The van der Waals surface area contributed by atoms with Gasteiger partial charge in [-0.05, 0) is 87.0 Å². The lowest BCUT2D eigenvalue weighted by Gasteiger charge is -2.36. The highest BCUT2D eigenvalue weighted by Crippen LogP contribution is 2.34. The number of unbranched alkanes of at least 4 members (excludes halogenated alkanes) is 2. The third-order valence-corrected chi connectivity index (χ3v) is 6.87. The number of amides is 2. The second kappa shape index (κ2) is 12.8.